The van der Waals surface area contributed by atoms with Crippen molar-refractivity contribution in [1.82, 2.24) is 0 Å². The van der Waals surface area contributed by atoms with Gasteiger partial charge in [0.15, 0.2) is 0 Å². The van der Waals surface area contributed by atoms with Crippen LogP contribution in [-0.4, -0.2) is 49.0 Å². The van der Waals surface area contributed by atoms with Gasteiger partial charge in [-0.2, -0.15) is 0 Å². The van der Waals surface area contributed by atoms with E-state index in [2.05, 4.69) is 11.8 Å². The molecule has 2 aliphatic rings. The highest BCUT2D eigenvalue weighted by Crippen LogP contribution is 2.52. The van der Waals surface area contributed by atoms with E-state index in [-0.39, 0.29) is 12.6 Å². The molecule has 2 atom stereocenters. The van der Waals surface area contributed by atoms with Gasteiger partial charge in [0.05, 0.1) is 19.8 Å². The molecule has 0 aliphatic heterocycles. The maximum Gasteiger partial charge on any atom is 0.305 e. The lowest BCUT2D eigenvalue weighted by atomic mass is 10.1. The lowest BCUT2D eigenvalue weighted by Crippen LogP contribution is -2.10. The summed E-state index contributed by atoms with van der Waals surface area (Å²) in [6.07, 6.45) is 5.50. The second-order valence-electron chi connectivity index (χ2n) is 6.19. The molecule has 4 nitrogen and oxygen atoms in total. The Morgan fingerprint density at radius 2 is 1.79 bits per heavy atom. The minimum atomic E-state index is -0.0954. The molecule has 2 rings (SSSR count). The Balaban J connectivity index is 1.41. The molecule has 2 aliphatic carbocycles. The molecule has 2 unspecified atom stereocenters. The van der Waals surface area contributed by atoms with Gasteiger partial charge < -0.3 is 14.6 Å². The maximum absolute atomic E-state index is 11.8. The van der Waals surface area contributed by atoms with Gasteiger partial charge in [-0.25, -0.2) is 0 Å². The molecule has 0 aromatic rings. The second-order valence-corrected chi connectivity index (χ2v) is 8.89. The van der Waals surface area contributed by atoms with E-state index in [9.17, 15) is 4.79 Å². The fourth-order valence-corrected chi connectivity index (χ4v) is 4.84. The molecule has 0 aromatic heterocycles. The first-order valence-corrected chi connectivity index (χ1v) is 11.4. The van der Waals surface area contributed by atoms with Crippen molar-refractivity contribution in [3.8, 4) is 11.8 Å². The fraction of sp³-hybridized carbons (Fsp3) is 0.833. The van der Waals surface area contributed by atoms with Crippen LogP contribution in [0.4, 0.5) is 0 Å². The minimum Gasteiger partial charge on any atom is -0.465 e. The largest absolute Gasteiger partial charge is 0.465 e. The van der Waals surface area contributed by atoms with Crippen LogP contribution in [0.1, 0.15) is 38.5 Å². The molecular weight excluding hydrogens is 344 g/mol. The van der Waals surface area contributed by atoms with Gasteiger partial charge in [0.25, 0.3) is 0 Å². The van der Waals surface area contributed by atoms with Gasteiger partial charge in [0.2, 0.25) is 0 Å². The summed E-state index contributed by atoms with van der Waals surface area (Å²) in [6, 6.07) is 0. The number of carbonyl (C=O) groups excluding carboxylic acids is 1. The summed E-state index contributed by atoms with van der Waals surface area (Å²) in [4.78, 5) is 11.8. The number of hydrogen-bond acceptors (Lipinski definition) is 6. The van der Waals surface area contributed by atoms with E-state index in [1.54, 1.807) is 21.6 Å². The highest BCUT2D eigenvalue weighted by molar-refractivity contribution is 8.76. The zero-order valence-corrected chi connectivity index (χ0v) is 15.8. The monoisotopic (exact) mass is 372 g/mol. The topological polar surface area (TPSA) is 55.8 Å². The summed E-state index contributed by atoms with van der Waals surface area (Å²) < 4.78 is 10.9. The Bertz CT molecular complexity index is 414. The average Bonchev–Trinajstić information content (AvgIpc) is 3.21. The van der Waals surface area contributed by atoms with E-state index < -0.39 is 0 Å². The molecule has 24 heavy (non-hydrogen) atoms. The zero-order chi connectivity index (χ0) is 17.0. The van der Waals surface area contributed by atoms with Gasteiger partial charge in [-0.1, -0.05) is 21.6 Å². The quantitative estimate of drug-likeness (QED) is 0.246. The summed E-state index contributed by atoms with van der Waals surface area (Å²) in [5.41, 5.74) is 0. The molecular formula is C18H28O4S2. The minimum absolute atomic E-state index is 0.0954. The Kier molecular flexibility index (Phi) is 10.0. The number of esters is 1. The molecule has 136 valence electrons. The van der Waals surface area contributed by atoms with Crippen LogP contribution in [0, 0.1) is 29.6 Å². The van der Waals surface area contributed by atoms with Crippen LogP contribution in [0.3, 0.4) is 0 Å². The number of ether oxygens (including phenoxy) is 2. The van der Waals surface area contributed by atoms with E-state index in [0.717, 1.165) is 42.6 Å². The van der Waals surface area contributed by atoms with Crippen molar-refractivity contribution in [2.24, 2.45) is 17.8 Å². The van der Waals surface area contributed by atoms with Crippen molar-refractivity contribution in [3.63, 3.8) is 0 Å². The summed E-state index contributed by atoms with van der Waals surface area (Å²) in [5.74, 6) is 10.0. The predicted octanol–water partition coefficient (Wildman–Crippen LogP) is 3.14. The van der Waals surface area contributed by atoms with Crippen LogP contribution in [0.5, 0.6) is 0 Å². The molecule has 0 amide bonds. The average molecular weight is 373 g/mol. The zero-order valence-electron chi connectivity index (χ0n) is 14.2. The Labute approximate surface area is 153 Å². The number of carbonyl (C=O) groups is 1. The first-order chi connectivity index (χ1) is 11.8. The third kappa shape index (κ3) is 7.69. The molecule has 1 saturated carbocycles. The van der Waals surface area contributed by atoms with E-state index in [1.807, 2.05) is 0 Å². The van der Waals surface area contributed by atoms with Crippen molar-refractivity contribution in [2.75, 3.05) is 37.9 Å². The van der Waals surface area contributed by atoms with Crippen molar-refractivity contribution >= 4 is 27.6 Å². The van der Waals surface area contributed by atoms with E-state index >= 15 is 0 Å². The van der Waals surface area contributed by atoms with E-state index in [0.29, 0.717) is 32.2 Å². The summed E-state index contributed by atoms with van der Waals surface area (Å²) >= 11 is 0. The predicted molar refractivity (Wildman–Crippen MR) is 99.7 cm³/mol. The van der Waals surface area contributed by atoms with Gasteiger partial charge >= 0.3 is 5.97 Å². The van der Waals surface area contributed by atoms with Gasteiger partial charge in [0.1, 0.15) is 0 Å². The van der Waals surface area contributed by atoms with Crippen molar-refractivity contribution in [2.45, 2.75) is 38.5 Å². The SMILES string of the molecule is O=C(CCCOCCSSCCO)OCC1C2CCC#CCCC21. The molecule has 0 bridgehead atoms. The Morgan fingerprint density at radius 1 is 1.08 bits per heavy atom. The second kappa shape index (κ2) is 12.1. The van der Waals surface area contributed by atoms with E-state index in [1.165, 1.54) is 12.8 Å². The van der Waals surface area contributed by atoms with Crippen LogP contribution >= 0.6 is 21.6 Å². The Morgan fingerprint density at radius 3 is 2.50 bits per heavy atom. The van der Waals surface area contributed by atoms with Gasteiger partial charge in [-0.3, -0.25) is 4.79 Å². The van der Waals surface area contributed by atoms with Gasteiger partial charge in [-0.05, 0) is 37.0 Å². The highest BCUT2D eigenvalue weighted by Gasteiger charge is 2.49. The molecule has 1 N–H and O–H groups in total. The van der Waals surface area contributed by atoms with Crippen LogP contribution in [0.2, 0.25) is 0 Å². The lowest BCUT2D eigenvalue weighted by Gasteiger charge is -2.06. The van der Waals surface area contributed by atoms with Crippen LogP contribution in [0.25, 0.3) is 0 Å². The molecule has 0 aromatic carbocycles. The summed E-state index contributed by atoms with van der Waals surface area (Å²) in [6.45, 7) is 2.10. The van der Waals surface area contributed by atoms with Crippen molar-refractivity contribution < 1.29 is 19.4 Å². The van der Waals surface area contributed by atoms with Crippen molar-refractivity contribution in [3.05, 3.63) is 0 Å². The fourth-order valence-electron chi connectivity index (χ4n) is 3.21. The van der Waals surface area contributed by atoms with Crippen LogP contribution < -0.4 is 0 Å². The van der Waals surface area contributed by atoms with Crippen LogP contribution in [0.15, 0.2) is 0 Å². The molecule has 6 heteroatoms. The molecule has 1 fully saturated rings. The number of hydrogen-bond donors (Lipinski definition) is 1. The normalized spacial score (nSPS) is 25.0. The molecule has 0 spiro atoms. The summed E-state index contributed by atoms with van der Waals surface area (Å²) in [5, 5.41) is 8.64. The van der Waals surface area contributed by atoms with Crippen molar-refractivity contribution in [1.29, 1.82) is 0 Å². The van der Waals surface area contributed by atoms with Crippen LogP contribution in [-0.2, 0) is 14.3 Å². The molecule has 0 heterocycles. The third-order valence-electron chi connectivity index (χ3n) is 4.51. The van der Waals surface area contributed by atoms with Gasteiger partial charge in [-0.15, -0.1) is 11.8 Å². The number of rotatable bonds is 12. The summed E-state index contributed by atoms with van der Waals surface area (Å²) in [7, 11) is 3.36. The van der Waals surface area contributed by atoms with E-state index in [4.69, 9.17) is 14.6 Å². The number of aliphatic hydroxyl groups excluding tert-OH is 1. The first-order valence-electron chi connectivity index (χ1n) is 8.87. The number of fused-ring (bicyclic) bond motifs is 1. The van der Waals surface area contributed by atoms with Gasteiger partial charge in [0, 0.05) is 37.4 Å². The molecule has 0 radical (unpaired) electrons. The molecule has 0 saturated heterocycles. The smallest absolute Gasteiger partial charge is 0.305 e. The standard InChI is InChI=1S/C18H28O4S2/c19-9-12-23-24-13-11-21-10-5-8-18(20)22-14-17-15-6-3-1-2-4-7-16(15)17/h15-17,19H,3-14H2. The Hall–Kier alpha value is -0.350. The highest BCUT2D eigenvalue weighted by atomic mass is 33.1. The number of aliphatic hydroxyl groups is 1. The third-order valence-corrected chi connectivity index (χ3v) is 6.86. The lowest BCUT2D eigenvalue weighted by molar-refractivity contribution is -0.144. The maximum atomic E-state index is 11.8. The first kappa shape index (κ1) is 20.0.